The van der Waals surface area contributed by atoms with E-state index >= 15 is 0 Å². The fraction of sp³-hybridized carbons (Fsp3) is 0.647. The van der Waals surface area contributed by atoms with Crippen molar-refractivity contribution in [3.63, 3.8) is 0 Å². The summed E-state index contributed by atoms with van der Waals surface area (Å²) in [6.45, 7) is 13.3. The van der Waals surface area contributed by atoms with Crippen molar-refractivity contribution in [3.05, 3.63) is 29.3 Å². The predicted octanol–water partition coefficient (Wildman–Crippen LogP) is 5.06. The molecule has 1 aromatic carbocycles. The Balaban J connectivity index is 3.14. The van der Waals surface area contributed by atoms with Gasteiger partial charge < -0.3 is 5.11 Å². The fourth-order valence-electron chi connectivity index (χ4n) is 2.11. The molecule has 0 amide bonds. The van der Waals surface area contributed by atoms with E-state index in [0.717, 1.165) is 30.4 Å². The van der Waals surface area contributed by atoms with Gasteiger partial charge in [-0.05, 0) is 34.8 Å². The molecule has 0 aromatic heterocycles. The van der Waals surface area contributed by atoms with Crippen molar-refractivity contribution in [1.29, 1.82) is 0 Å². The lowest BCUT2D eigenvalue weighted by molar-refractivity contribution is 0.339. The van der Waals surface area contributed by atoms with Crippen LogP contribution in [0.5, 0.6) is 5.75 Å². The molecule has 0 radical (unpaired) electrons. The number of benzene rings is 1. The standard InChI is InChI=1S/C17H28O/c1-7-16(3,4)12-13-10-9-11-14(15(13)18)17(5,6)8-2/h9-11,18H,7-8,12H2,1-6H3. The molecular formula is C17H28O. The largest absolute Gasteiger partial charge is 0.507 e. The highest BCUT2D eigenvalue weighted by molar-refractivity contribution is 5.44. The molecule has 0 aliphatic rings. The van der Waals surface area contributed by atoms with Gasteiger partial charge in [-0.25, -0.2) is 0 Å². The zero-order valence-corrected chi connectivity index (χ0v) is 12.8. The van der Waals surface area contributed by atoms with Crippen LogP contribution in [0.15, 0.2) is 18.2 Å². The maximum Gasteiger partial charge on any atom is 0.122 e. The van der Waals surface area contributed by atoms with Gasteiger partial charge in [0, 0.05) is 0 Å². The van der Waals surface area contributed by atoms with Gasteiger partial charge in [0.25, 0.3) is 0 Å². The number of para-hydroxylation sites is 1. The van der Waals surface area contributed by atoms with Crippen molar-refractivity contribution in [2.45, 2.75) is 66.2 Å². The van der Waals surface area contributed by atoms with Crippen LogP contribution < -0.4 is 0 Å². The molecule has 0 saturated heterocycles. The third-order valence-corrected chi connectivity index (χ3v) is 4.36. The third-order valence-electron chi connectivity index (χ3n) is 4.36. The van der Waals surface area contributed by atoms with Crippen molar-refractivity contribution in [1.82, 2.24) is 0 Å². The van der Waals surface area contributed by atoms with Crippen molar-refractivity contribution >= 4 is 0 Å². The van der Waals surface area contributed by atoms with E-state index < -0.39 is 0 Å². The highest BCUT2D eigenvalue weighted by Gasteiger charge is 2.25. The first-order valence-electron chi connectivity index (χ1n) is 7.05. The Morgan fingerprint density at radius 3 is 2.11 bits per heavy atom. The van der Waals surface area contributed by atoms with Crippen LogP contribution in [0.25, 0.3) is 0 Å². The number of hydrogen-bond donors (Lipinski definition) is 1. The predicted molar refractivity (Wildman–Crippen MR) is 79.2 cm³/mol. The Labute approximate surface area is 112 Å². The number of phenols is 1. The molecule has 0 atom stereocenters. The maximum absolute atomic E-state index is 10.5. The quantitative estimate of drug-likeness (QED) is 0.772. The number of hydrogen-bond acceptors (Lipinski definition) is 1. The van der Waals surface area contributed by atoms with Gasteiger partial charge >= 0.3 is 0 Å². The van der Waals surface area contributed by atoms with Gasteiger partial charge in [-0.2, -0.15) is 0 Å². The lowest BCUT2D eigenvalue weighted by Gasteiger charge is -2.28. The zero-order chi connectivity index (χ0) is 14.0. The summed E-state index contributed by atoms with van der Waals surface area (Å²) in [5.41, 5.74) is 2.44. The van der Waals surface area contributed by atoms with Crippen LogP contribution in [0.1, 0.15) is 65.5 Å². The highest BCUT2D eigenvalue weighted by Crippen LogP contribution is 2.38. The Kier molecular flexibility index (Phi) is 4.47. The molecule has 0 spiro atoms. The Hall–Kier alpha value is -0.980. The number of aromatic hydroxyl groups is 1. The summed E-state index contributed by atoms with van der Waals surface area (Å²) in [5, 5.41) is 10.5. The monoisotopic (exact) mass is 248 g/mol. The minimum Gasteiger partial charge on any atom is -0.507 e. The summed E-state index contributed by atoms with van der Waals surface area (Å²) in [6, 6.07) is 6.19. The molecule has 0 aliphatic carbocycles. The van der Waals surface area contributed by atoms with E-state index in [-0.39, 0.29) is 10.8 Å². The Morgan fingerprint density at radius 2 is 1.61 bits per heavy atom. The van der Waals surface area contributed by atoms with Crippen LogP contribution in [0.3, 0.4) is 0 Å². The van der Waals surface area contributed by atoms with E-state index in [1.807, 2.05) is 0 Å². The summed E-state index contributed by atoms with van der Waals surface area (Å²) in [6.07, 6.45) is 3.08. The van der Waals surface area contributed by atoms with Gasteiger partial charge in [-0.3, -0.25) is 0 Å². The number of phenolic OH excluding ortho intramolecular Hbond substituents is 1. The molecule has 0 aliphatic heterocycles. The van der Waals surface area contributed by atoms with Crippen LogP contribution in [-0.4, -0.2) is 5.11 Å². The first-order chi connectivity index (χ1) is 8.23. The lowest BCUT2D eigenvalue weighted by atomic mass is 9.78. The van der Waals surface area contributed by atoms with Gasteiger partial charge in [0.1, 0.15) is 5.75 Å². The lowest BCUT2D eigenvalue weighted by Crippen LogP contribution is -2.18. The SMILES string of the molecule is CCC(C)(C)Cc1cccc(C(C)(C)CC)c1O. The highest BCUT2D eigenvalue weighted by atomic mass is 16.3. The molecule has 1 heteroatoms. The second-order valence-electron chi connectivity index (χ2n) is 6.75. The molecule has 0 unspecified atom stereocenters. The summed E-state index contributed by atoms with van der Waals surface area (Å²) < 4.78 is 0. The van der Waals surface area contributed by atoms with Crippen LogP contribution in [0, 0.1) is 5.41 Å². The average molecular weight is 248 g/mol. The molecule has 1 N–H and O–H groups in total. The van der Waals surface area contributed by atoms with Crippen LogP contribution in [-0.2, 0) is 11.8 Å². The second-order valence-corrected chi connectivity index (χ2v) is 6.75. The molecule has 102 valence electrons. The van der Waals surface area contributed by atoms with Gasteiger partial charge in [-0.1, -0.05) is 66.2 Å². The topological polar surface area (TPSA) is 20.2 Å². The van der Waals surface area contributed by atoms with E-state index in [1.165, 1.54) is 0 Å². The van der Waals surface area contributed by atoms with Crippen LogP contribution in [0.4, 0.5) is 0 Å². The maximum atomic E-state index is 10.5. The minimum absolute atomic E-state index is 0.0381. The molecule has 0 bridgehead atoms. The molecule has 1 aromatic rings. The second kappa shape index (κ2) is 5.34. The van der Waals surface area contributed by atoms with E-state index in [4.69, 9.17) is 0 Å². The third kappa shape index (κ3) is 3.28. The van der Waals surface area contributed by atoms with E-state index in [1.54, 1.807) is 0 Å². The molecule has 0 fully saturated rings. The van der Waals surface area contributed by atoms with Crippen molar-refractivity contribution in [3.8, 4) is 5.75 Å². The molecule has 0 saturated carbocycles. The number of rotatable bonds is 5. The first-order valence-corrected chi connectivity index (χ1v) is 7.05. The van der Waals surface area contributed by atoms with E-state index in [0.29, 0.717) is 5.75 Å². The molecule has 1 nitrogen and oxygen atoms in total. The average Bonchev–Trinajstić information content (AvgIpc) is 2.31. The van der Waals surface area contributed by atoms with Gasteiger partial charge in [0.2, 0.25) is 0 Å². The molecule has 18 heavy (non-hydrogen) atoms. The molecular weight excluding hydrogens is 220 g/mol. The van der Waals surface area contributed by atoms with Gasteiger partial charge in [0.05, 0.1) is 0 Å². The Morgan fingerprint density at radius 1 is 1.00 bits per heavy atom. The zero-order valence-electron chi connectivity index (χ0n) is 12.8. The minimum atomic E-state index is 0.0381. The molecule has 1 rings (SSSR count). The fourth-order valence-corrected chi connectivity index (χ4v) is 2.11. The van der Waals surface area contributed by atoms with Crippen molar-refractivity contribution in [2.75, 3.05) is 0 Å². The summed E-state index contributed by atoms with van der Waals surface area (Å²) in [4.78, 5) is 0. The first kappa shape index (κ1) is 15.1. The molecule has 0 heterocycles. The van der Waals surface area contributed by atoms with Gasteiger partial charge in [0.15, 0.2) is 0 Å². The summed E-state index contributed by atoms with van der Waals surface area (Å²) >= 11 is 0. The van der Waals surface area contributed by atoms with Gasteiger partial charge in [-0.15, -0.1) is 0 Å². The van der Waals surface area contributed by atoms with Crippen molar-refractivity contribution < 1.29 is 5.11 Å². The van der Waals surface area contributed by atoms with Crippen LogP contribution >= 0.6 is 0 Å². The summed E-state index contributed by atoms with van der Waals surface area (Å²) in [7, 11) is 0. The van der Waals surface area contributed by atoms with Crippen molar-refractivity contribution in [2.24, 2.45) is 5.41 Å². The van der Waals surface area contributed by atoms with E-state index in [2.05, 4.69) is 59.7 Å². The normalized spacial score (nSPS) is 12.8. The van der Waals surface area contributed by atoms with E-state index in [9.17, 15) is 5.11 Å². The Bertz CT molecular complexity index is 402. The summed E-state index contributed by atoms with van der Waals surface area (Å²) in [5.74, 6) is 0.505. The smallest absolute Gasteiger partial charge is 0.122 e. The van der Waals surface area contributed by atoms with Crippen LogP contribution in [0.2, 0.25) is 0 Å².